The second kappa shape index (κ2) is 9.33. The van der Waals surface area contributed by atoms with Gasteiger partial charge in [-0.1, -0.05) is 0 Å². The molecule has 2 saturated heterocycles. The molecule has 0 aromatic carbocycles. The Morgan fingerprint density at radius 1 is 1.45 bits per heavy atom. The van der Waals surface area contributed by atoms with Crippen LogP contribution in [0.15, 0.2) is 27.8 Å². The molecule has 3 heterocycles. The van der Waals surface area contributed by atoms with Crippen LogP contribution in [0.25, 0.3) is 0 Å². The number of guanidine groups is 1. The molecule has 3 rings (SSSR count). The maximum atomic E-state index is 12.2. The fraction of sp³-hybridized carbons (Fsp3) is 0.632. The van der Waals surface area contributed by atoms with Crippen LogP contribution in [0.4, 0.5) is 4.79 Å². The number of hydrogen-bond donors (Lipinski definition) is 4. The largest absolute Gasteiger partial charge is 0.466 e. The van der Waals surface area contributed by atoms with Crippen molar-refractivity contribution in [2.45, 2.75) is 44.8 Å². The lowest BCUT2D eigenvalue weighted by Crippen LogP contribution is -2.55. The molecule has 2 unspecified atom stereocenters. The molecule has 0 radical (unpaired) electrons. The molecule has 10 heteroatoms. The molecule has 0 saturated carbocycles. The van der Waals surface area contributed by atoms with Crippen molar-refractivity contribution in [2.24, 2.45) is 10.9 Å². The highest BCUT2D eigenvalue weighted by molar-refractivity contribution is 14.0. The zero-order chi connectivity index (χ0) is 20.4. The third kappa shape index (κ3) is 5.03. The number of carbonyl (C=O) groups excluding carboxylic acids is 2. The molecule has 2 atom stereocenters. The Labute approximate surface area is 187 Å². The monoisotopic (exact) mass is 519 g/mol. The number of carbonyl (C=O) groups is 2. The second-order valence-electron chi connectivity index (χ2n) is 7.79. The summed E-state index contributed by atoms with van der Waals surface area (Å²) in [7, 11) is 0. The minimum absolute atomic E-state index is 0. The number of piperidine rings is 1. The first-order valence-electron chi connectivity index (χ1n) is 9.69. The number of hydrogen-bond acceptors (Lipinski definition) is 5. The lowest BCUT2D eigenvalue weighted by atomic mass is 9.79. The molecule has 2 aliphatic rings. The Bertz CT molecular complexity index is 744. The average molecular weight is 519 g/mol. The summed E-state index contributed by atoms with van der Waals surface area (Å²) in [5.74, 6) is 0.995. The fourth-order valence-electron chi connectivity index (χ4n) is 3.83. The lowest BCUT2D eigenvalue weighted by Gasteiger charge is -2.39. The van der Waals surface area contributed by atoms with Crippen LogP contribution in [-0.4, -0.2) is 59.6 Å². The van der Waals surface area contributed by atoms with Crippen LogP contribution >= 0.6 is 24.0 Å². The number of aliphatic hydroxyl groups is 1. The van der Waals surface area contributed by atoms with E-state index in [0.29, 0.717) is 25.4 Å². The van der Waals surface area contributed by atoms with Crippen molar-refractivity contribution in [1.82, 2.24) is 20.9 Å². The van der Waals surface area contributed by atoms with Gasteiger partial charge >= 0.3 is 6.03 Å². The Kier molecular flexibility index (Phi) is 7.55. The first-order chi connectivity index (χ1) is 13.3. The third-order valence-electron chi connectivity index (χ3n) is 5.61. The van der Waals surface area contributed by atoms with E-state index in [1.165, 1.54) is 6.26 Å². The molecule has 29 heavy (non-hydrogen) atoms. The zero-order valence-electron chi connectivity index (χ0n) is 17.0. The summed E-state index contributed by atoms with van der Waals surface area (Å²) in [6, 6.07) is 3.04. The molecule has 2 fully saturated rings. The van der Waals surface area contributed by atoms with E-state index in [1.807, 2.05) is 6.92 Å². The summed E-state index contributed by atoms with van der Waals surface area (Å²) in [5.41, 5.74) is -2.05. The van der Waals surface area contributed by atoms with Gasteiger partial charge in [0.2, 0.25) is 0 Å². The number of urea groups is 1. The van der Waals surface area contributed by atoms with Crippen molar-refractivity contribution in [1.29, 1.82) is 0 Å². The van der Waals surface area contributed by atoms with Crippen LogP contribution in [0.5, 0.6) is 0 Å². The molecule has 1 aromatic heterocycles. The standard InChI is InChI=1S/C19H29N5O4.HI/c1-4-20-16(21-12-18(2,27)14-6-5-11-28-14)24-9-7-13(8-10-24)19(3)15(25)22-17(26)23-19;/h5-6,11,13,27H,4,7-10,12H2,1-3H3,(H,20,21)(H2,22,23,25,26);1H. The molecule has 4 N–H and O–H groups in total. The highest BCUT2D eigenvalue weighted by Crippen LogP contribution is 2.30. The maximum absolute atomic E-state index is 12.2. The van der Waals surface area contributed by atoms with Crippen molar-refractivity contribution in [3.63, 3.8) is 0 Å². The second-order valence-corrected chi connectivity index (χ2v) is 7.79. The number of imide groups is 1. The number of nitrogens with one attached hydrogen (secondary N) is 3. The van der Waals surface area contributed by atoms with Gasteiger partial charge in [0, 0.05) is 19.6 Å². The molecule has 9 nitrogen and oxygen atoms in total. The number of amides is 3. The van der Waals surface area contributed by atoms with Crippen LogP contribution in [-0.2, 0) is 10.4 Å². The molecular weight excluding hydrogens is 489 g/mol. The average Bonchev–Trinajstić information content (AvgIpc) is 3.28. The van der Waals surface area contributed by atoms with E-state index < -0.39 is 17.2 Å². The van der Waals surface area contributed by atoms with Crippen molar-refractivity contribution >= 4 is 41.9 Å². The predicted molar refractivity (Wildman–Crippen MR) is 119 cm³/mol. The summed E-state index contributed by atoms with van der Waals surface area (Å²) in [6.07, 6.45) is 3.04. The van der Waals surface area contributed by atoms with Crippen LogP contribution in [0.3, 0.4) is 0 Å². The number of nitrogens with zero attached hydrogens (tertiary/aromatic N) is 2. The lowest BCUT2D eigenvalue weighted by molar-refractivity contribution is -0.125. The van der Waals surface area contributed by atoms with Crippen molar-refractivity contribution in [3.05, 3.63) is 24.2 Å². The molecule has 0 aliphatic carbocycles. The molecule has 0 bridgehead atoms. The SMILES string of the molecule is CCNC(=NCC(C)(O)c1ccco1)N1CCC(C2(C)NC(=O)NC2=O)CC1.I. The molecule has 1 aromatic rings. The molecular formula is C19H30IN5O4. The Morgan fingerprint density at radius 2 is 2.14 bits per heavy atom. The van der Waals surface area contributed by atoms with E-state index in [2.05, 4.69) is 25.8 Å². The normalized spacial score (nSPS) is 25.1. The van der Waals surface area contributed by atoms with E-state index in [-0.39, 0.29) is 42.3 Å². The van der Waals surface area contributed by atoms with Crippen molar-refractivity contribution in [2.75, 3.05) is 26.2 Å². The van der Waals surface area contributed by atoms with Gasteiger partial charge in [0.05, 0.1) is 12.8 Å². The van der Waals surface area contributed by atoms with Gasteiger partial charge < -0.3 is 25.1 Å². The third-order valence-corrected chi connectivity index (χ3v) is 5.61. The van der Waals surface area contributed by atoms with Crippen LogP contribution < -0.4 is 16.0 Å². The van der Waals surface area contributed by atoms with Gasteiger partial charge in [0.15, 0.2) is 5.96 Å². The van der Waals surface area contributed by atoms with Gasteiger partial charge in [-0.15, -0.1) is 24.0 Å². The Balaban J connectivity index is 0.00000300. The Morgan fingerprint density at radius 3 is 2.66 bits per heavy atom. The summed E-state index contributed by atoms with van der Waals surface area (Å²) in [5, 5.41) is 19.0. The van der Waals surface area contributed by atoms with E-state index in [9.17, 15) is 14.7 Å². The van der Waals surface area contributed by atoms with Gasteiger partial charge in [0.1, 0.15) is 16.9 Å². The van der Waals surface area contributed by atoms with E-state index in [4.69, 9.17) is 4.42 Å². The number of halogens is 1. The topological polar surface area (TPSA) is 119 Å². The highest BCUT2D eigenvalue weighted by Gasteiger charge is 2.48. The number of likely N-dealkylation sites (tertiary alicyclic amines) is 1. The fourth-order valence-corrected chi connectivity index (χ4v) is 3.83. The molecule has 3 amide bonds. The minimum Gasteiger partial charge on any atom is -0.466 e. The highest BCUT2D eigenvalue weighted by atomic mass is 127. The van der Waals surface area contributed by atoms with Gasteiger partial charge in [-0.05, 0) is 51.7 Å². The number of furan rings is 1. The van der Waals surface area contributed by atoms with Crippen molar-refractivity contribution in [3.8, 4) is 0 Å². The molecule has 0 spiro atoms. The summed E-state index contributed by atoms with van der Waals surface area (Å²) in [6.45, 7) is 7.74. The zero-order valence-corrected chi connectivity index (χ0v) is 19.4. The molecule has 162 valence electrons. The quantitative estimate of drug-likeness (QED) is 0.202. The van der Waals surface area contributed by atoms with Crippen LogP contribution in [0.2, 0.25) is 0 Å². The molecule has 2 aliphatic heterocycles. The smallest absolute Gasteiger partial charge is 0.322 e. The van der Waals surface area contributed by atoms with E-state index in [0.717, 1.165) is 18.8 Å². The number of aliphatic imine (C=N–C) groups is 1. The summed E-state index contributed by atoms with van der Waals surface area (Å²) in [4.78, 5) is 30.4. The van der Waals surface area contributed by atoms with Crippen molar-refractivity contribution < 1.29 is 19.1 Å². The van der Waals surface area contributed by atoms with E-state index >= 15 is 0 Å². The first kappa shape index (κ1) is 23.5. The Hall–Kier alpha value is -1.82. The van der Waals surface area contributed by atoms with Gasteiger partial charge in [0.25, 0.3) is 5.91 Å². The van der Waals surface area contributed by atoms with Gasteiger partial charge in [-0.25, -0.2) is 9.79 Å². The van der Waals surface area contributed by atoms with Gasteiger partial charge in [-0.3, -0.25) is 10.1 Å². The minimum atomic E-state index is -1.19. The first-order valence-corrected chi connectivity index (χ1v) is 9.69. The summed E-state index contributed by atoms with van der Waals surface area (Å²) >= 11 is 0. The maximum Gasteiger partial charge on any atom is 0.322 e. The van der Waals surface area contributed by atoms with Crippen LogP contribution in [0, 0.1) is 5.92 Å². The van der Waals surface area contributed by atoms with E-state index in [1.54, 1.807) is 26.0 Å². The van der Waals surface area contributed by atoms with Gasteiger partial charge in [-0.2, -0.15) is 0 Å². The number of rotatable bonds is 5. The summed E-state index contributed by atoms with van der Waals surface area (Å²) < 4.78 is 5.31. The van der Waals surface area contributed by atoms with Crippen LogP contribution in [0.1, 0.15) is 39.4 Å². The predicted octanol–water partition coefficient (Wildman–Crippen LogP) is 1.38.